The first-order chi connectivity index (χ1) is 4.70. The van der Waals surface area contributed by atoms with Crippen molar-refractivity contribution in [3.05, 3.63) is 11.6 Å². The van der Waals surface area contributed by atoms with Gasteiger partial charge < -0.3 is 0 Å². The third-order valence-electron chi connectivity index (χ3n) is 2.46. The van der Waals surface area contributed by atoms with E-state index in [0.29, 0.717) is 5.92 Å². The molecule has 1 fully saturated rings. The van der Waals surface area contributed by atoms with Crippen molar-refractivity contribution in [1.82, 2.24) is 0 Å². The third kappa shape index (κ3) is 2.02. The van der Waals surface area contributed by atoms with Gasteiger partial charge in [0.25, 0.3) is 0 Å². The van der Waals surface area contributed by atoms with E-state index in [1.165, 1.54) is 25.7 Å². The van der Waals surface area contributed by atoms with Gasteiger partial charge in [0.1, 0.15) is 0 Å². The molecule has 0 unspecified atom stereocenters. The standard InChI is InChI=1S/C9H15Cl/c1-7-3-5-9(6-4-7)8(2)10/h7,9H,2-6H2,1H3. The van der Waals surface area contributed by atoms with Crippen molar-refractivity contribution in [2.75, 3.05) is 0 Å². The van der Waals surface area contributed by atoms with Crippen LogP contribution in [0.4, 0.5) is 0 Å². The lowest BCUT2D eigenvalue weighted by atomic mass is 9.83. The number of rotatable bonds is 1. The summed E-state index contributed by atoms with van der Waals surface area (Å²) in [5.74, 6) is 1.52. The summed E-state index contributed by atoms with van der Waals surface area (Å²) in [5, 5.41) is 0.868. The van der Waals surface area contributed by atoms with E-state index in [1.54, 1.807) is 0 Å². The predicted octanol–water partition coefficient (Wildman–Crippen LogP) is 3.57. The second kappa shape index (κ2) is 3.43. The van der Waals surface area contributed by atoms with Crippen LogP contribution in [0.5, 0.6) is 0 Å². The molecule has 0 aromatic rings. The van der Waals surface area contributed by atoms with Gasteiger partial charge >= 0.3 is 0 Å². The maximum absolute atomic E-state index is 5.81. The second-order valence-electron chi connectivity index (χ2n) is 3.40. The Labute approximate surface area is 68.3 Å². The Hall–Kier alpha value is 0.0300. The van der Waals surface area contributed by atoms with Gasteiger partial charge in [-0.05, 0) is 24.7 Å². The van der Waals surface area contributed by atoms with Crippen LogP contribution in [0.2, 0.25) is 0 Å². The highest BCUT2D eigenvalue weighted by Gasteiger charge is 2.18. The van der Waals surface area contributed by atoms with Crippen molar-refractivity contribution < 1.29 is 0 Å². The maximum atomic E-state index is 5.81. The van der Waals surface area contributed by atoms with Gasteiger partial charge in [-0.2, -0.15) is 0 Å². The van der Waals surface area contributed by atoms with E-state index in [9.17, 15) is 0 Å². The van der Waals surface area contributed by atoms with Crippen LogP contribution in [0.3, 0.4) is 0 Å². The molecule has 0 heterocycles. The first-order valence-electron chi connectivity index (χ1n) is 4.04. The molecule has 1 saturated carbocycles. The van der Waals surface area contributed by atoms with Crippen LogP contribution >= 0.6 is 11.6 Å². The Kier molecular flexibility index (Phi) is 2.79. The van der Waals surface area contributed by atoms with Crippen LogP contribution in [0.25, 0.3) is 0 Å². The first kappa shape index (κ1) is 8.13. The molecule has 1 aliphatic rings. The van der Waals surface area contributed by atoms with Gasteiger partial charge in [-0.15, -0.1) is 0 Å². The van der Waals surface area contributed by atoms with Crippen molar-refractivity contribution in [3.8, 4) is 0 Å². The Morgan fingerprint density at radius 2 is 1.80 bits per heavy atom. The van der Waals surface area contributed by atoms with Crippen molar-refractivity contribution in [3.63, 3.8) is 0 Å². The minimum atomic E-state index is 0.609. The summed E-state index contributed by atoms with van der Waals surface area (Å²) in [6.07, 6.45) is 5.17. The van der Waals surface area contributed by atoms with E-state index in [2.05, 4.69) is 13.5 Å². The van der Waals surface area contributed by atoms with E-state index < -0.39 is 0 Å². The van der Waals surface area contributed by atoms with E-state index in [4.69, 9.17) is 11.6 Å². The topological polar surface area (TPSA) is 0 Å². The van der Waals surface area contributed by atoms with Gasteiger partial charge in [0, 0.05) is 5.03 Å². The Morgan fingerprint density at radius 1 is 1.30 bits per heavy atom. The summed E-state index contributed by atoms with van der Waals surface area (Å²) in [5.41, 5.74) is 0. The quantitative estimate of drug-likeness (QED) is 0.548. The summed E-state index contributed by atoms with van der Waals surface area (Å²) in [4.78, 5) is 0. The Balaban J connectivity index is 2.33. The van der Waals surface area contributed by atoms with Gasteiger partial charge in [-0.1, -0.05) is 37.9 Å². The lowest BCUT2D eigenvalue weighted by Crippen LogP contribution is -2.11. The van der Waals surface area contributed by atoms with E-state index in [-0.39, 0.29) is 0 Å². The van der Waals surface area contributed by atoms with E-state index in [0.717, 1.165) is 11.0 Å². The van der Waals surface area contributed by atoms with Crippen LogP contribution in [-0.2, 0) is 0 Å². The van der Waals surface area contributed by atoms with Gasteiger partial charge in [0.2, 0.25) is 0 Å². The zero-order valence-corrected chi connectivity index (χ0v) is 7.32. The van der Waals surface area contributed by atoms with Gasteiger partial charge in [0.15, 0.2) is 0 Å². The highest BCUT2D eigenvalue weighted by Crippen LogP contribution is 2.33. The van der Waals surface area contributed by atoms with E-state index in [1.807, 2.05) is 0 Å². The second-order valence-corrected chi connectivity index (χ2v) is 3.89. The molecule has 0 atom stereocenters. The summed E-state index contributed by atoms with van der Waals surface area (Å²) in [7, 11) is 0. The van der Waals surface area contributed by atoms with E-state index >= 15 is 0 Å². The fraction of sp³-hybridized carbons (Fsp3) is 0.778. The third-order valence-corrected chi connectivity index (χ3v) is 2.77. The average molecular weight is 159 g/mol. The van der Waals surface area contributed by atoms with Crippen LogP contribution in [-0.4, -0.2) is 0 Å². The normalized spacial score (nSPS) is 33.8. The molecule has 0 amide bonds. The molecule has 1 rings (SSSR count). The van der Waals surface area contributed by atoms with Gasteiger partial charge in [0.05, 0.1) is 0 Å². The summed E-state index contributed by atoms with van der Waals surface area (Å²) in [6, 6.07) is 0. The Bertz CT molecular complexity index is 121. The van der Waals surface area contributed by atoms with Crippen molar-refractivity contribution in [2.24, 2.45) is 11.8 Å². The summed E-state index contributed by atoms with van der Waals surface area (Å²) < 4.78 is 0. The predicted molar refractivity (Wildman–Crippen MR) is 46.1 cm³/mol. The SMILES string of the molecule is C=C(Cl)C1CCC(C)CC1. The van der Waals surface area contributed by atoms with Crippen LogP contribution < -0.4 is 0 Å². The van der Waals surface area contributed by atoms with Crippen molar-refractivity contribution >= 4 is 11.6 Å². The monoisotopic (exact) mass is 158 g/mol. The van der Waals surface area contributed by atoms with Gasteiger partial charge in [-0.3, -0.25) is 0 Å². The lowest BCUT2D eigenvalue weighted by molar-refractivity contribution is 0.327. The molecule has 58 valence electrons. The molecule has 1 aliphatic carbocycles. The molecule has 0 aromatic heterocycles. The smallest absolute Gasteiger partial charge is 0.0140 e. The fourth-order valence-electron chi connectivity index (χ4n) is 1.57. The zero-order valence-electron chi connectivity index (χ0n) is 6.57. The van der Waals surface area contributed by atoms with Crippen LogP contribution in [0.1, 0.15) is 32.6 Å². The summed E-state index contributed by atoms with van der Waals surface area (Å²) in [6.45, 7) is 6.08. The number of allylic oxidation sites excluding steroid dienone is 1. The maximum Gasteiger partial charge on any atom is 0.0140 e. The highest BCUT2D eigenvalue weighted by atomic mass is 35.5. The molecular weight excluding hydrogens is 144 g/mol. The van der Waals surface area contributed by atoms with Gasteiger partial charge in [-0.25, -0.2) is 0 Å². The summed E-state index contributed by atoms with van der Waals surface area (Å²) >= 11 is 5.81. The zero-order chi connectivity index (χ0) is 7.56. The molecule has 0 N–H and O–H groups in total. The highest BCUT2D eigenvalue weighted by molar-refractivity contribution is 6.29. The first-order valence-corrected chi connectivity index (χ1v) is 4.42. The molecule has 0 nitrogen and oxygen atoms in total. The Morgan fingerprint density at radius 3 is 2.20 bits per heavy atom. The van der Waals surface area contributed by atoms with Crippen LogP contribution in [0.15, 0.2) is 11.6 Å². The minimum absolute atomic E-state index is 0.609. The minimum Gasteiger partial charge on any atom is -0.0895 e. The molecule has 0 aliphatic heterocycles. The molecule has 0 bridgehead atoms. The molecule has 0 saturated heterocycles. The molecule has 0 aromatic carbocycles. The molecular formula is C9H15Cl. The number of halogens is 1. The average Bonchev–Trinajstić information content (AvgIpc) is 1.88. The molecule has 0 radical (unpaired) electrons. The molecule has 1 heteroatoms. The fourth-order valence-corrected chi connectivity index (χ4v) is 1.79. The number of hydrogen-bond acceptors (Lipinski definition) is 0. The van der Waals surface area contributed by atoms with Crippen LogP contribution in [0, 0.1) is 11.8 Å². The lowest BCUT2D eigenvalue weighted by Gasteiger charge is -2.25. The molecule has 10 heavy (non-hydrogen) atoms. The number of hydrogen-bond donors (Lipinski definition) is 0. The van der Waals surface area contributed by atoms with Crippen molar-refractivity contribution in [2.45, 2.75) is 32.6 Å². The van der Waals surface area contributed by atoms with Crippen molar-refractivity contribution in [1.29, 1.82) is 0 Å². The molecule has 0 spiro atoms. The largest absolute Gasteiger partial charge is 0.0895 e.